The zero-order valence-electron chi connectivity index (χ0n) is 9.19. The Morgan fingerprint density at radius 1 is 1.39 bits per heavy atom. The summed E-state index contributed by atoms with van der Waals surface area (Å²) in [7, 11) is 1.51. The van der Waals surface area contributed by atoms with E-state index in [0.717, 1.165) is 10.9 Å². The number of carbonyl (C=O) groups excluding carboxylic acids is 1. The topological polar surface area (TPSA) is 98.7 Å². The fraction of sp³-hybridized carbons (Fsp3) is 0.111. The number of nitrogens with two attached hydrogens (primary N) is 1. The third kappa shape index (κ3) is 2.24. The van der Waals surface area contributed by atoms with Crippen LogP contribution >= 0.6 is 0 Å². The standard InChI is InChI=1S/C9H8F2N6O/c1-17-15-9(14-16-17)13-8(18)4-2-5(10)6(11)3-7(4)12/h2-3H,12H2,1H3,(H,13,15,18). The fourth-order valence-corrected chi connectivity index (χ4v) is 1.26. The Balaban J connectivity index is 2.26. The average molecular weight is 254 g/mol. The van der Waals surface area contributed by atoms with Crippen LogP contribution in [-0.2, 0) is 7.05 Å². The summed E-state index contributed by atoms with van der Waals surface area (Å²) in [6.07, 6.45) is 0. The van der Waals surface area contributed by atoms with E-state index < -0.39 is 17.5 Å². The van der Waals surface area contributed by atoms with Gasteiger partial charge < -0.3 is 5.73 Å². The number of nitrogens with zero attached hydrogens (tertiary/aromatic N) is 4. The minimum Gasteiger partial charge on any atom is -0.398 e. The van der Waals surface area contributed by atoms with Crippen LogP contribution in [0.5, 0.6) is 0 Å². The van der Waals surface area contributed by atoms with E-state index in [9.17, 15) is 13.6 Å². The normalized spacial score (nSPS) is 10.4. The Morgan fingerprint density at radius 2 is 2.06 bits per heavy atom. The number of tetrazole rings is 1. The molecule has 3 N–H and O–H groups in total. The van der Waals surface area contributed by atoms with Gasteiger partial charge in [0.05, 0.1) is 12.6 Å². The third-order valence-corrected chi connectivity index (χ3v) is 2.07. The highest BCUT2D eigenvalue weighted by Gasteiger charge is 2.16. The number of carbonyl (C=O) groups is 1. The van der Waals surface area contributed by atoms with E-state index in [1.54, 1.807) is 0 Å². The van der Waals surface area contributed by atoms with E-state index in [1.807, 2.05) is 0 Å². The molecular formula is C9H8F2N6O. The highest BCUT2D eigenvalue weighted by Crippen LogP contribution is 2.17. The van der Waals surface area contributed by atoms with Gasteiger partial charge in [-0.05, 0) is 11.3 Å². The van der Waals surface area contributed by atoms with Crippen molar-refractivity contribution in [3.63, 3.8) is 0 Å². The zero-order valence-corrected chi connectivity index (χ0v) is 9.19. The van der Waals surface area contributed by atoms with Crippen molar-refractivity contribution in [3.05, 3.63) is 29.3 Å². The first-order chi connectivity index (χ1) is 8.47. The fourth-order valence-electron chi connectivity index (χ4n) is 1.26. The minimum absolute atomic E-state index is 0.0633. The summed E-state index contributed by atoms with van der Waals surface area (Å²) in [4.78, 5) is 12.8. The van der Waals surface area contributed by atoms with Crippen molar-refractivity contribution in [2.45, 2.75) is 0 Å². The molecule has 2 aromatic rings. The second kappa shape index (κ2) is 4.35. The van der Waals surface area contributed by atoms with E-state index in [2.05, 4.69) is 20.7 Å². The summed E-state index contributed by atoms with van der Waals surface area (Å²) in [5.74, 6) is -3.10. The second-order valence-electron chi connectivity index (χ2n) is 3.41. The number of benzene rings is 1. The molecule has 9 heteroatoms. The molecule has 1 heterocycles. The van der Waals surface area contributed by atoms with E-state index >= 15 is 0 Å². The number of hydrogen-bond donors (Lipinski definition) is 2. The van der Waals surface area contributed by atoms with Crippen LogP contribution in [0.1, 0.15) is 10.4 Å². The first-order valence-corrected chi connectivity index (χ1v) is 4.77. The van der Waals surface area contributed by atoms with E-state index in [-0.39, 0.29) is 17.2 Å². The van der Waals surface area contributed by atoms with Crippen molar-refractivity contribution >= 4 is 17.5 Å². The van der Waals surface area contributed by atoms with Crippen molar-refractivity contribution in [2.75, 3.05) is 11.1 Å². The molecule has 1 aromatic heterocycles. The van der Waals surface area contributed by atoms with Crippen molar-refractivity contribution in [2.24, 2.45) is 7.05 Å². The smallest absolute Gasteiger partial charge is 0.270 e. The molecule has 0 spiro atoms. The highest BCUT2D eigenvalue weighted by atomic mass is 19.2. The number of anilines is 2. The van der Waals surface area contributed by atoms with Gasteiger partial charge in [0.2, 0.25) is 0 Å². The van der Waals surface area contributed by atoms with Gasteiger partial charge in [-0.1, -0.05) is 5.10 Å². The molecule has 18 heavy (non-hydrogen) atoms. The molecule has 0 aliphatic heterocycles. The maximum absolute atomic E-state index is 13.0. The number of amides is 1. The lowest BCUT2D eigenvalue weighted by Crippen LogP contribution is -2.16. The van der Waals surface area contributed by atoms with Gasteiger partial charge >= 0.3 is 0 Å². The first-order valence-electron chi connectivity index (χ1n) is 4.77. The molecule has 0 fully saturated rings. The lowest BCUT2D eigenvalue weighted by atomic mass is 10.1. The van der Waals surface area contributed by atoms with E-state index in [1.165, 1.54) is 7.05 Å². The van der Waals surface area contributed by atoms with Gasteiger partial charge in [-0.15, -0.1) is 5.10 Å². The third-order valence-electron chi connectivity index (χ3n) is 2.07. The largest absolute Gasteiger partial charge is 0.398 e. The molecule has 2 rings (SSSR count). The Kier molecular flexibility index (Phi) is 2.88. The van der Waals surface area contributed by atoms with Crippen LogP contribution in [0, 0.1) is 11.6 Å². The Morgan fingerprint density at radius 3 is 2.67 bits per heavy atom. The van der Waals surface area contributed by atoms with Crippen LogP contribution in [-0.4, -0.2) is 26.1 Å². The molecule has 1 aromatic carbocycles. The monoisotopic (exact) mass is 254 g/mol. The Labute approximate surface area is 99.6 Å². The van der Waals surface area contributed by atoms with Crippen LogP contribution in [0.4, 0.5) is 20.4 Å². The molecule has 0 aliphatic carbocycles. The maximum atomic E-state index is 13.0. The molecule has 0 radical (unpaired) electrons. The quantitative estimate of drug-likeness (QED) is 0.752. The molecule has 7 nitrogen and oxygen atoms in total. The minimum atomic E-state index is -1.17. The van der Waals surface area contributed by atoms with Crippen LogP contribution < -0.4 is 11.1 Å². The maximum Gasteiger partial charge on any atom is 0.270 e. The lowest BCUT2D eigenvalue weighted by molar-refractivity contribution is 0.102. The first kappa shape index (κ1) is 11.9. The number of aromatic nitrogens is 4. The molecule has 1 amide bonds. The van der Waals surface area contributed by atoms with Crippen molar-refractivity contribution < 1.29 is 13.6 Å². The van der Waals surface area contributed by atoms with Gasteiger partial charge in [-0.2, -0.15) is 4.80 Å². The molecule has 0 atom stereocenters. The molecule has 94 valence electrons. The summed E-state index contributed by atoms with van der Waals surface area (Å²) in [6.45, 7) is 0. The molecule has 0 bridgehead atoms. The lowest BCUT2D eigenvalue weighted by Gasteiger charge is -2.05. The Bertz CT molecular complexity index is 611. The summed E-state index contributed by atoms with van der Waals surface area (Å²) in [5, 5.41) is 13.0. The number of rotatable bonds is 2. The predicted molar refractivity (Wildman–Crippen MR) is 57.5 cm³/mol. The number of aryl methyl sites for hydroxylation is 1. The van der Waals surface area contributed by atoms with Gasteiger partial charge in [0.15, 0.2) is 11.6 Å². The number of nitrogen functional groups attached to an aromatic ring is 1. The summed E-state index contributed by atoms with van der Waals surface area (Å²) in [6, 6.07) is 1.44. The second-order valence-corrected chi connectivity index (χ2v) is 3.41. The van der Waals surface area contributed by atoms with Gasteiger partial charge in [0, 0.05) is 11.8 Å². The van der Waals surface area contributed by atoms with Gasteiger partial charge in [0.25, 0.3) is 11.9 Å². The van der Waals surface area contributed by atoms with Gasteiger partial charge in [-0.25, -0.2) is 8.78 Å². The molecule has 0 saturated heterocycles. The zero-order chi connectivity index (χ0) is 13.3. The molecule has 0 saturated carbocycles. The summed E-state index contributed by atoms with van der Waals surface area (Å²) in [5.41, 5.74) is 5.03. The van der Waals surface area contributed by atoms with Crippen LogP contribution in [0.15, 0.2) is 12.1 Å². The molecular weight excluding hydrogens is 246 g/mol. The van der Waals surface area contributed by atoms with Gasteiger partial charge in [0.1, 0.15) is 0 Å². The van der Waals surface area contributed by atoms with Crippen molar-refractivity contribution in [1.29, 1.82) is 0 Å². The van der Waals surface area contributed by atoms with Crippen LogP contribution in [0.2, 0.25) is 0 Å². The van der Waals surface area contributed by atoms with Crippen LogP contribution in [0.3, 0.4) is 0 Å². The summed E-state index contributed by atoms with van der Waals surface area (Å²) >= 11 is 0. The van der Waals surface area contributed by atoms with Crippen molar-refractivity contribution in [3.8, 4) is 0 Å². The average Bonchev–Trinajstić information content (AvgIpc) is 2.69. The van der Waals surface area contributed by atoms with Crippen molar-refractivity contribution in [1.82, 2.24) is 20.2 Å². The predicted octanol–water partition coefficient (Wildman–Crippen LogP) is 0.323. The highest BCUT2D eigenvalue weighted by molar-refractivity contribution is 6.06. The SMILES string of the molecule is Cn1nnc(NC(=O)c2cc(F)c(F)cc2N)n1. The molecule has 0 unspecified atom stereocenters. The van der Waals surface area contributed by atoms with E-state index in [0.29, 0.717) is 6.07 Å². The number of hydrogen-bond acceptors (Lipinski definition) is 5. The van der Waals surface area contributed by atoms with Gasteiger partial charge in [-0.3, -0.25) is 10.1 Å². The number of halogens is 2. The van der Waals surface area contributed by atoms with Crippen LogP contribution in [0.25, 0.3) is 0 Å². The van der Waals surface area contributed by atoms with E-state index in [4.69, 9.17) is 5.73 Å². The molecule has 0 aliphatic rings. The summed E-state index contributed by atoms with van der Waals surface area (Å²) < 4.78 is 25.8. The number of nitrogens with one attached hydrogen (secondary N) is 1. The Hall–Kier alpha value is -2.58.